The number of nitrogens with zero attached hydrogens (tertiary/aromatic N) is 1. The van der Waals surface area contributed by atoms with E-state index >= 15 is 0 Å². The van der Waals surface area contributed by atoms with E-state index in [1.54, 1.807) is 0 Å². The summed E-state index contributed by atoms with van der Waals surface area (Å²) in [7, 11) is 0. The number of β-amino-alcohol motifs (C(OH)–C–C–N with tert-alkyl or cyclic N) is 1. The molecule has 1 aliphatic heterocycles. The SMILES string of the molecule is O=C(N1CC(O)CO1)C1(c2ccccc2)CC1. The van der Waals surface area contributed by atoms with Gasteiger partial charge in [-0.1, -0.05) is 30.3 Å². The zero-order chi connectivity index (χ0) is 11.9. The fraction of sp³-hybridized carbons (Fsp3) is 0.462. The quantitative estimate of drug-likeness (QED) is 0.824. The van der Waals surface area contributed by atoms with Crippen molar-refractivity contribution in [2.45, 2.75) is 24.4 Å². The monoisotopic (exact) mass is 233 g/mol. The van der Waals surface area contributed by atoms with Crippen LogP contribution in [0.15, 0.2) is 30.3 Å². The minimum Gasteiger partial charge on any atom is -0.389 e. The normalized spacial score (nSPS) is 25.9. The van der Waals surface area contributed by atoms with Crippen LogP contribution in [0.2, 0.25) is 0 Å². The van der Waals surface area contributed by atoms with Crippen LogP contribution in [-0.4, -0.2) is 35.3 Å². The molecule has 1 N–H and O–H groups in total. The molecule has 0 radical (unpaired) electrons. The molecule has 1 atom stereocenters. The number of amides is 1. The third-order valence-corrected chi connectivity index (χ3v) is 3.51. The molecule has 2 fully saturated rings. The molecular weight excluding hydrogens is 218 g/mol. The molecule has 1 saturated carbocycles. The maximum Gasteiger partial charge on any atom is 0.256 e. The second kappa shape index (κ2) is 3.82. The predicted molar refractivity (Wildman–Crippen MR) is 61.0 cm³/mol. The molecule has 1 heterocycles. The van der Waals surface area contributed by atoms with Crippen molar-refractivity contribution in [1.82, 2.24) is 5.06 Å². The Kier molecular flexibility index (Phi) is 2.42. The van der Waals surface area contributed by atoms with E-state index in [4.69, 9.17) is 4.84 Å². The molecule has 0 aromatic heterocycles. The maximum absolute atomic E-state index is 12.4. The topological polar surface area (TPSA) is 49.8 Å². The molecule has 4 nitrogen and oxygen atoms in total. The number of hydroxylamine groups is 2. The standard InChI is InChI=1S/C13H15NO3/c15-11-8-14(17-9-11)12(16)13(6-7-13)10-4-2-1-3-5-10/h1-5,11,15H,6-9H2. The van der Waals surface area contributed by atoms with Gasteiger partial charge in [0.2, 0.25) is 0 Å². The molecule has 1 aliphatic carbocycles. The number of carbonyl (C=O) groups excluding carboxylic acids is 1. The molecule has 0 spiro atoms. The van der Waals surface area contributed by atoms with Crippen LogP contribution in [0.3, 0.4) is 0 Å². The Balaban J connectivity index is 1.82. The van der Waals surface area contributed by atoms with E-state index in [1.165, 1.54) is 5.06 Å². The Hall–Kier alpha value is -1.39. The molecule has 2 aliphatic rings. The van der Waals surface area contributed by atoms with Crippen molar-refractivity contribution in [2.75, 3.05) is 13.2 Å². The molecule has 1 saturated heterocycles. The highest BCUT2D eigenvalue weighted by Gasteiger charge is 2.54. The summed E-state index contributed by atoms with van der Waals surface area (Å²) in [6.45, 7) is 0.504. The first-order valence-corrected chi connectivity index (χ1v) is 5.91. The molecular formula is C13H15NO3. The van der Waals surface area contributed by atoms with Gasteiger partial charge in [-0.15, -0.1) is 0 Å². The molecule has 0 bridgehead atoms. The van der Waals surface area contributed by atoms with E-state index in [1.807, 2.05) is 30.3 Å². The number of hydrogen-bond acceptors (Lipinski definition) is 3. The Morgan fingerprint density at radius 2 is 2.06 bits per heavy atom. The summed E-state index contributed by atoms with van der Waals surface area (Å²) in [6, 6.07) is 9.81. The Morgan fingerprint density at radius 1 is 1.35 bits per heavy atom. The van der Waals surface area contributed by atoms with Gasteiger partial charge in [-0.3, -0.25) is 9.63 Å². The summed E-state index contributed by atoms with van der Waals surface area (Å²) in [5.41, 5.74) is 0.653. The molecule has 1 aromatic carbocycles. The van der Waals surface area contributed by atoms with Crippen LogP contribution in [0.4, 0.5) is 0 Å². The number of aliphatic hydroxyl groups excluding tert-OH is 1. The van der Waals surface area contributed by atoms with Crippen LogP contribution in [0.25, 0.3) is 0 Å². The third kappa shape index (κ3) is 1.73. The van der Waals surface area contributed by atoms with Crippen molar-refractivity contribution in [3.8, 4) is 0 Å². The van der Waals surface area contributed by atoms with Gasteiger partial charge in [0.05, 0.1) is 18.1 Å². The predicted octanol–water partition coefficient (Wildman–Crippen LogP) is 0.853. The lowest BCUT2D eigenvalue weighted by molar-refractivity contribution is -0.171. The van der Waals surface area contributed by atoms with Crippen molar-refractivity contribution in [3.63, 3.8) is 0 Å². The zero-order valence-electron chi connectivity index (χ0n) is 9.50. The lowest BCUT2D eigenvalue weighted by Crippen LogP contribution is -2.37. The highest BCUT2D eigenvalue weighted by molar-refractivity contribution is 5.90. The fourth-order valence-electron chi connectivity index (χ4n) is 2.36. The minimum absolute atomic E-state index is 0.0137. The van der Waals surface area contributed by atoms with Crippen molar-refractivity contribution >= 4 is 5.91 Å². The van der Waals surface area contributed by atoms with Gasteiger partial charge < -0.3 is 5.11 Å². The van der Waals surface area contributed by atoms with Crippen LogP contribution >= 0.6 is 0 Å². The number of benzene rings is 1. The summed E-state index contributed by atoms with van der Waals surface area (Å²) in [6.07, 6.45) is 1.18. The largest absolute Gasteiger partial charge is 0.389 e. The van der Waals surface area contributed by atoms with E-state index in [0.717, 1.165) is 18.4 Å². The van der Waals surface area contributed by atoms with Crippen LogP contribution < -0.4 is 0 Å². The van der Waals surface area contributed by atoms with Crippen LogP contribution in [0.5, 0.6) is 0 Å². The summed E-state index contributed by atoms with van der Waals surface area (Å²) >= 11 is 0. The van der Waals surface area contributed by atoms with Crippen molar-refractivity contribution in [2.24, 2.45) is 0 Å². The lowest BCUT2D eigenvalue weighted by Gasteiger charge is -2.21. The smallest absolute Gasteiger partial charge is 0.256 e. The van der Waals surface area contributed by atoms with Gasteiger partial charge in [0, 0.05) is 0 Å². The molecule has 1 aromatic rings. The van der Waals surface area contributed by atoms with Crippen LogP contribution in [0.1, 0.15) is 18.4 Å². The van der Waals surface area contributed by atoms with Gasteiger partial charge in [-0.25, -0.2) is 5.06 Å². The van der Waals surface area contributed by atoms with E-state index in [9.17, 15) is 9.90 Å². The average molecular weight is 233 g/mol. The first-order chi connectivity index (χ1) is 8.22. The summed E-state index contributed by atoms with van der Waals surface area (Å²) < 4.78 is 0. The van der Waals surface area contributed by atoms with Crippen molar-refractivity contribution in [1.29, 1.82) is 0 Å². The molecule has 90 valence electrons. The third-order valence-electron chi connectivity index (χ3n) is 3.51. The van der Waals surface area contributed by atoms with Gasteiger partial charge in [-0.2, -0.15) is 0 Å². The van der Waals surface area contributed by atoms with E-state index in [-0.39, 0.29) is 19.1 Å². The van der Waals surface area contributed by atoms with E-state index < -0.39 is 11.5 Å². The lowest BCUT2D eigenvalue weighted by atomic mass is 9.95. The fourth-order valence-corrected chi connectivity index (χ4v) is 2.36. The highest BCUT2D eigenvalue weighted by atomic mass is 16.7. The van der Waals surface area contributed by atoms with E-state index in [0.29, 0.717) is 0 Å². The van der Waals surface area contributed by atoms with E-state index in [2.05, 4.69) is 0 Å². The van der Waals surface area contributed by atoms with Crippen molar-refractivity contribution in [3.05, 3.63) is 35.9 Å². The van der Waals surface area contributed by atoms with Crippen LogP contribution in [-0.2, 0) is 15.0 Å². The van der Waals surface area contributed by atoms with Gasteiger partial charge in [-0.05, 0) is 18.4 Å². The second-order valence-electron chi connectivity index (χ2n) is 4.76. The van der Waals surface area contributed by atoms with Crippen LogP contribution in [0, 0.1) is 0 Å². The number of hydrogen-bond donors (Lipinski definition) is 1. The molecule has 17 heavy (non-hydrogen) atoms. The number of rotatable bonds is 2. The van der Waals surface area contributed by atoms with Crippen molar-refractivity contribution < 1.29 is 14.7 Å². The summed E-state index contributed by atoms with van der Waals surface area (Å²) in [5.74, 6) is -0.0137. The summed E-state index contributed by atoms with van der Waals surface area (Å²) in [5, 5.41) is 10.7. The number of carbonyl (C=O) groups is 1. The Labute approximate surface area is 99.8 Å². The van der Waals surface area contributed by atoms with Gasteiger partial charge in [0.15, 0.2) is 0 Å². The second-order valence-corrected chi connectivity index (χ2v) is 4.76. The molecule has 4 heteroatoms. The van der Waals surface area contributed by atoms with Gasteiger partial charge in [0.25, 0.3) is 5.91 Å². The number of aliphatic hydroxyl groups is 1. The minimum atomic E-state index is -0.550. The van der Waals surface area contributed by atoms with Gasteiger partial charge >= 0.3 is 0 Å². The molecule has 3 rings (SSSR count). The average Bonchev–Trinajstić information content (AvgIpc) is 3.07. The Bertz CT molecular complexity index is 428. The highest BCUT2D eigenvalue weighted by Crippen LogP contribution is 2.49. The Morgan fingerprint density at radius 3 is 2.59 bits per heavy atom. The zero-order valence-corrected chi connectivity index (χ0v) is 9.50. The first-order valence-electron chi connectivity index (χ1n) is 5.91. The molecule has 1 unspecified atom stereocenters. The summed E-state index contributed by atoms with van der Waals surface area (Å²) in [4.78, 5) is 17.6. The maximum atomic E-state index is 12.4. The first kappa shape index (κ1) is 10.7. The molecule has 1 amide bonds. The van der Waals surface area contributed by atoms with Gasteiger partial charge in [0.1, 0.15) is 6.61 Å².